The molecule has 4 nitrogen and oxygen atoms in total. The molecule has 0 atom stereocenters. The van der Waals surface area contributed by atoms with Gasteiger partial charge in [-0.1, -0.05) is 48.5 Å². The molecule has 2 aliphatic heterocycles. The van der Waals surface area contributed by atoms with Gasteiger partial charge in [-0.2, -0.15) is 0 Å². The Bertz CT molecular complexity index is 818. The van der Waals surface area contributed by atoms with Crippen LogP contribution >= 0.6 is 0 Å². The van der Waals surface area contributed by atoms with Crippen molar-refractivity contribution in [3.63, 3.8) is 0 Å². The van der Waals surface area contributed by atoms with Crippen molar-refractivity contribution in [1.82, 2.24) is 15.1 Å². The number of nitrogens with one attached hydrogen (secondary N) is 1. The molecule has 0 unspecified atom stereocenters. The minimum atomic E-state index is 0.0869. The highest BCUT2D eigenvalue weighted by molar-refractivity contribution is 5.74. The molecule has 30 heavy (non-hydrogen) atoms. The van der Waals surface area contributed by atoms with Gasteiger partial charge in [-0.15, -0.1) is 0 Å². The first kappa shape index (κ1) is 20.9. The fourth-order valence-corrected chi connectivity index (χ4v) is 4.87. The van der Waals surface area contributed by atoms with Crippen molar-refractivity contribution in [2.45, 2.75) is 51.5 Å². The van der Waals surface area contributed by atoms with Crippen LogP contribution in [-0.2, 0) is 13.0 Å². The molecule has 4 rings (SSSR count). The van der Waals surface area contributed by atoms with Crippen molar-refractivity contribution in [3.8, 4) is 0 Å². The van der Waals surface area contributed by atoms with Gasteiger partial charge in [0.05, 0.1) is 0 Å². The summed E-state index contributed by atoms with van der Waals surface area (Å²) in [5.74, 6) is 0.578. The van der Waals surface area contributed by atoms with Crippen molar-refractivity contribution >= 4 is 6.03 Å². The number of carbonyl (C=O) groups is 1. The van der Waals surface area contributed by atoms with Crippen LogP contribution in [0.2, 0.25) is 0 Å². The summed E-state index contributed by atoms with van der Waals surface area (Å²) in [6, 6.07) is 17.7. The van der Waals surface area contributed by atoms with Crippen LogP contribution in [0, 0.1) is 6.92 Å². The maximum atomic E-state index is 12.6. The summed E-state index contributed by atoms with van der Waals surface area (Å²) in [6.07, 6.45) is 5.66. The Morgan fingerprint density at radius 3 is 2.30 bits per heavy atom. The number of rotatable bonds is 6. The summed E-state index contributed by atoms with van der Waals surface area (Å²) >= 11 is 0. The number of aryl methyl sites for hydroxylation is 1. The lowest BCUT2D eigenvalue weighted by Crippen LogP contribution is -2.44. The number of amides is 2. The van der Waals surface area contributed by atoms with E-state index < -0.39 is 0 Å². The highest BCUT2D eigenvalue weighted by atomic mass is 16.2. The average Bonchev–Trinajstić information content (AvgIpc) is 3.28. The predicted molar refractivity (Wildman–Crippen MR) is 123 cm³/mol. The third-order valence-electron chi connectivity index (χ3n) is 6.73. The monoisotopic (exact) mass is 405 g/mol. The van der Waals surface area contributed by atoms with Gasteiger partial charge in [0.15, 0.2) is 0 Å². The molecule has 2 aromatic rings. The summed E-state index contributed by atoms with van der Waals surface area (Å²) in [5, 5.41) is 3.12. The van der Waals surface area contributed by atoms with E-state index in [0.717, 1.165) is 38.9 Å². The Labute approximate surface area is 181 Å². The van der Waals surface area contributed by atoms with Crippen LogP contribution in [0.25, 0.3) is 0 Å². The first-order valence-electron chi connectivity index (χ1n) is 11.6. The number of piperidine rings is 1. The highest BCUT2D eigenvalue weighted by Crippen LogP contribution is 2.30. The van der Waals surface area contributed by atoms with Gasteiger partial charge >= 0.3 is 6.03 Å². The first-order valence-corrected chi connectivity index (χ1v) is 11.6. The van der Waals surface area contributed by atoms with E-state index in [-0.39, 0.29) is 6.03 Å². The highest BCUT2D eigenvalue weighted by Gasteiger charge is 2.24. The number of hydrogen-bond donors (Lipinski definition) is 1. The SMILES string of the molecule is Cc1ccccc1C1CCN(C(=O)NCCc2ccc(CN3CCCC3)cc2)CC1. The van der Waals surface area contributed by atoms with Gasteiger partial charge in [-0.3, -0.25) is 4.90 Å². The molecule has 0 spiro atoms. The topological polar surface area (TPSA) is 35.6 Å². The summed E-state index contributed by atoms with van der Waals surface area (Å²) in [4.78, 5) is 17.1. The second-order valence-corrected chi connectivity index (χ2v) is 8.90. The minimum Gasteiger partial charge on any atom is -0.338 e. The number of hydrogen-bond acceptors (Lipinski definition) is 2. The lowest BCUT2D eigenvalue weighted by Gasteiger charge is -2.32. The molecule has 2 aliphatic rings. The van der Waals surface area contributed by atoms with Crippen LogP contribution in [0.3, 0.4) is 0 Å². The average molecular weight is 406 g/mol. The third kappa shape index (κ3) is 5.42. The molecule has 2 fully saturated rings. The van der Waals surface area contributed by atoms with Gasteiger partial charge in [-0.05, 0) is 80.3 Å². The largest absolute Gasteiger partial charge is 0.338 e. The molecule has 0 aromatic heterocycles. The maximum absolute atomic E-state index is 12.6. The van der Waals surface area contributed by atoms with Crippen molar-refractivity contribution in [2.24, 2.45) is 0 Å². The second-order valence-electron chi connectivity index (χ2n) is 8.90. The molecule has 2 aromatic carbocycles. The minimum absolute atomic E-state index is 0.0869. The number of urea groups is 1. The maximum Gasteiger partial charge on any atom is 0.317 e. The molecule has 0 radical (unpaired) electrons. The summed E-state index contributed by atoms with van der Waals surface area (Å²) in [6.45, 7) is 8.10. The van der Waals surface area contributed by atoms with Gasteiger partial charge in [0.2, 0.25) is 0 Å². The Balaban J connectivity index is 1.18. The van der Waals surface area contributed by atoms with E-state index in [1.807, 2.05) is 4.90 Å². The van der Waals surface area contributed by atoms with Crippen molar-refractivity contribution < 1.29 is 4.79 Å². The van der Waals surface area contributed by atoms with Crippen LogP contribution in [-0.4, -0.2) is 48.6 Å². The molecule has 2 saturated heterocycles. The molecule has 1 N–H and O–H groups in total. The fourth-order valence-electron chi connectivity index (χ4n) is 4.87. The molecule has 2 heterocycles. The first-order chi connectivity index (χ1) is 14.7. The standard InChI is InChI=1S/C26H35N3O/c1-21-6-2-3-7-25(21)24-13-18-29(19-14-24)26(30)27-15-12-22-8-10-23(11-9-22)20-28-16-4-5-17-28/h2-3,6-11,24H,4-5,12-20H2,1H3,(H,27,30). The zero-order valence-electron chi connectivity index (χ0n) is 18.3. The summed E-state index contributed by atoms with van der Waals surface area (Å²) < 4.78 is 0. The second kappa shape index (κ2) is 10.1. The fraction of sp³-hybridized carbons (Fsp3) is 0.500. The van der Waals surface area contributed by atoms with E-state index in [9.17, 15) is 4.79 Å². The van der Waals surface area contributed by atoms with Crippen molar-refractivity contribution in [1.29, 1.82) is 0 Å². The van der Waals surface area contributed by atoms with Gasteiger partial charge in [-0.25, -0.2) is 4.79 Å². The Hall–Kier alpha value is -2.33. The molecular weight excluding hydrogens is 370 g/mol. The number of carbonyl (C=O) groups excluding carboxylic acids is 1. The zero-order chi connectivity index (χ0) is 20.8. The van der Waals surface area contributed by atoms with Crippen LogP contribution in [0.1, 0.15) is 53.9 Å². The molecule has 160 valence electrons. The van der Waals surface area contributed by atoms with Crippen LogP contribution in [0.5, 0.6) is 0 Å². The van der Waals surface area contributed by atoms with E-state index >= 15 is 0 Å². The number of benzene rings is 2. The molecule has 4 heteroatoms. The van der Waals surface area contributed by atoms with Gasteiger partial charge < -0.3 is 10.2 Å². The third-order valence-corrected chi connectivity index (χ3v) is 6.73. The molecular formula is C26H35N3O. The van der Waals surface area contributed by atoms with Crippen molar-refractivity contribution in [3.05, 3.63) is 70.8 Å². The van der Waals surface area contributed by atoms with Crippen LogP contribution < -0.4 is 5.32 Å². The number of likely N-dealkylation sites (tertiary alicyclic amines) is 2. The van der Waals surface area contributed by atoms with Crippen molar-refractivity contribution in [2.75, 3.05) is 32.7 Å². The lowest BCUT2D eigenvalue weighted by atomic mass is 9.87. The quantitative estimate of drug-likeness (QED) is 0.755. The van der Waals surface area contributed by atoms with E-state index in [1.165, 1.54) is 48.2 Å². The smallest absolute Gasteiger partial charge is 0.317 e. The molecule has 0 aliphatic carbocycles. The van der Waals surface area contributed by atoms with Crippen LogP contribution in [0.4, 0.5) is 4.79 Å². The van der Waals surface area contributed by atoms with E-state index in [2.05, 4.69) is 65.7 Å². The van der Waals surface area contributed by atoms with E-state index in [0.29, 0.717) is 12.5 Å². The van der Waals surface area contributed by atoms with Gasteiger partial charge in [0.25, 0.3) is 0 Å². The zero-order valence-corrected chi connectivity index (χ0v) is 18.3. The lowest BCUT2D eigenvalue weighted by molar-refractivity contribution is 0.181. The molecule has 0 bridgehead atoms. The normalized spacial score (nSPS) is 18.0. The van der Waals surface area contributed by atoms with Gasteiger partial charge in [0, 0.05) is 26.2 Å². The number of nitrogens with zero attached hydrogens (tertiary/aromatic N) is 2. The van der Waals surface area contributed by atoms with Gasteiger partial charge in [0.1, 0.15) is 0 Å². The van der Waals surface area contributed by atoms with E-state index in [4.69, 9.17) is 0 Å². The molecule has 2 amide bonds. The Kier molecular flexibility index (Phi) is 7.06. The summed E-state index contributed by atoms with van der Waals surface area (Å²) in [5.41, 5.74) is 5.50. The van der Waals surface area contributed by atoms with E-state index in [1.54, 1.807) is 0 Å². The molecule has 0 saturated carbocycles. The summed E-state index contributed by atoms with van der Waals surface area (Å²) in [7, 11) is 0. The Morgan fingerprint density at radius 1 is 0.933 bits per heavy atom. The Morgan fingerprint density at radius 2 is 1.60 bits per heavy atom. The predicted octanol–water partition coefficient (Wildman–Crippen LogP) is 4.72. The van der Waals surface area contributed by atoms with Crippen LogP contribution in [0.15, 0.2) is 48.5 Å².